The molecule has 0 heterocycles. The molecule has 1 aromatic carbocycles. The topological polar surface area (TPSA) is 62.1 Å². The molecular formula is C12H11F3N2O2. The van der Waals surface area contributed by atoms with Crippen molar-refractivity contribution in [2.45, 2.75) is 19.5 Å². The molecule has 1 N–H and O–H groups in total. The summed E-state index contributed by atoms with van der Waals surface area (Å²) in [4.78, 5) is 11.1. The second kappa shape index (κ2) is 6.09. The summed E-state index contributed by atoms with van der Waals surface area (Å²) in [5.41, 5.74) is 0.265. The van der Waals surface area contributed by atoms with E-state index in [2.05, 4.69) is 10.1 Å². The minimum atomic E-state index is -4.47. The quantitative estimate of drug-likeness (QED) is 0.916. The normalized spacial score (nSPS) is 10.7. The molecule has 1 amide bonds. The highest BCUT2D eigenvalue weighted by atomic mass is 19.4. The van der Waals surface area contributed by atoms with Gasteiger partial charge in [-0.05, 0) is 18.2 Å². The molecule has 0 radical (unpaired) electrons. The molecule has 102 valence electrons. The third kappa shape index (κ3) is 4.87. The van der Waals surface area contributed by atoms with E-state index in [1.165, 1.54) is 18.2 Å². The Hall–Kier alpha value is -2.23. The van der Waals surface area contributed by atoms with Gasteiger partial charge in [-0.2, -0.15) is 18.4 Å². The maximum absolute atomic E-state index is 12.0. The number of nitriles is 1. The average Bonchev–Trinajstić information content (AvgIpc) is 2.35. The van der Waals surface area contributed by atoms with E-state index < -0.39 is 12.8 Å². The molecule has 1 rings (SSSR count). The van der Waals surface area contributed by atoms with E-state index in [-0.39, 0.29) is 23.6 Å². The second-order valence-electron chi connectivity index (χ2n) is 3.63. The van der Waals surface area contributed by atoms with Gasteiger partial charge in [-0.3, -0.25) is 4.79 Å². The van der Waals surface area contributed by atoms with Gasteiger partial charge in [-0.1, -0.05) is 6.92 Å². The van der Waals surface area contributed by atoms with Crippen molar-refractivity contribution < 1.29 is 22.7 Å². The number of amides is 1. The van der Waals surface area contributed by atoms with Gasteiger partial charge in [-0.15, -0.1) is 0 Å². The maximum atomic E-state index is 12.0. The Bertz CT molecular complexity index is 507. The minimum absolute atomic E-state index is 0.0712. The van der Waals surface area contributed by atoms with Gasteiger partial charge in [0, 0.05) is 12.1 Å². The van der Waals surface area contributed by atoms with Crippen LogP contribution in [0.3, 0.4) is 0 Å². The molecule has 0 spiro atoms. The zero-order valence-corrected chi connectivity index (χ0v) is 10.0. The highest BCUT2D eigenvalue weighted by molar-refractivity contribution is 5.90. The summed E-state index contributed by atoms with van der Waals surface area (Å²) in [5.74, 6) is -0.429. The third-order valence-electron chi connectivity index (χ3n) is 2.10. The van der Waals surface area contributed by atoms with Crippen molar-refractivity contribution in [3.63, 3.8) is 0 Å². The van der Waals surface area contributed by atoms with Crippen LogP contribution in [0.4, 0.5) is 18.9 Å². The summed E-state index contributed by atoms with van der Waals surface area (Å²) >= 11 is 0. The van der Waals surface area contributed by atoms with Gasteiger partial charge in [-0.25, -0.2) is 0 Å². The first-order valence-corrected chi connectivity index (χ1v) is 5.39. The van der Waals surface area contributed by atoms with E-state index in [4.69, 9.17) is 5.26 Å². The van der Waals surface area contributed by atoms with Gasteiger partial charge in [0.15, 0.2) is 6.61 Å². The molecule has 4 nitrogen and oxygen atoms in total. The largest absolute Gasteiger partial charge is 0.483 e. The van der Waals surface area contributed by atoms with Crippen molar-refractivity contribution in [2.75, 3.05) is 11.9 Å². The molecule has 0 aliphatic heterocycles. The molecule has 1 aromatic rings. The number of benzene rings is 1. The van der Waals surface area contributed by atoms with Gasteiger partial charge in [0.25, 0.3) is 0 Å². The predicted octanol–water partition coefficient (Wildman–Crippen LogP) is 2.85. The third-order valence-corrected chi connectivity index (χ3v) is 2.10. The van der Waals surface area contributed by atoms with Crippen LogP contribution in [0.5, 0.6) is 5.75 Å². The van der Waals surface area contributed by atoms with Crippen LogP contribution < -0.4 is 10.1 Å². The van der Waals surface area contributed by atoms with Crippen molar-refractivity contribution in [1.82, 2.24) is 0 Å². The molecule has 0 saturated heterocycles. The summed E-state index contributed by atoms with van der Waals surface area (Å²) < 4.78 is 40.5. The fourth-order valence-corrected chi connectivity index (χ4v) is 1.23. The number of alkyl halides is 3. The monoisotopic (exact) mass is 272 g/mol. The minimum Gasteiger partial charge on any atom is -0.483 e. The van der Waals surface area contributed by atoms with Crippen LogP contribution in [0.1, 0.15) is 18.9 Å². The molecule has 0 aromatic heterocycles. The number of nitrogens with one attached hydrogen (secondary N) is 1. The number of hydrogen-bond acceptors (Lipinski definition) is 3. The SMILES string of the molecule is CCC(=O)Nc1ccc(OCC(F)(F)F)c(C#N)c1. The van der Waals surface area contributed by atoms with E-state index in [0.717, 1.165) is 0 Å². The molecule has 19 heavy (non-hydrogen) atoms. The maximum Gasteiger partial charge on any atom is 0.422 e. The Morgan fingerprint density at radius 3 is 2.68 bits per heavy atom. The van der Waals surface area contributed by atoms with Crippen molar-refractivity contribution in [3.05, 3.63) is 23.8 Å². The first-order chi connectivity index (χ1) is 8.85. The van der Waals surface area contributed by atoms with Crippen LogP contribution in [-0.4, -0.2) is 18.7 Å². The second-order valence-corrected chi connectivity index (χ2v) is 3.63. The molecule has 0 fully saturated rings. The van der Waals surface area contributed by atoms with Crippen LogP contribution >= 0.6 is 0 Å². The summed E-state index contributed by atoms with van der Waals surface area (Å²) in [6.07, 6.45) is -4.21. The molecule has 0 aliphatic carbocycles. The van der Waals surface area contributed by atoms with Crippen molar-refractivity contribution >= 4 is 11.6 Å². The van der Waals surface area contributed by atoms with E-state index in [1.807, 2.05) is 0 Å². The Morgan fingerprint density at radius 2 is 2.16 bits per heavy atom. The zero-order chi connectivity index (χ0) is 14.5. The number of carbonyl (C=O) groups is 1. The Kier molecular flexibility index (Phi) is 4.75. The zero-order valence-electron chi connectivity index (χ0n) is 10.0. The van der Waals surface area contributed by atoms with Crippen LogP contribution in [0.15, 0.2) is 18.2 Å². The standard InChI is InChI=1S/C12H11F3N2O2/c1-2-11(18)17-9-3-4-10(8(5-9)6-16)19-7-12(13,14)15/h3-5H,2,7H2,1H3,(H,17,18). The fourth-order valence-electron chi connectivity index (χ4n) is 1.23. The molecule has 0 unspecified atom stereocenters. The summed E-state index contributed by atoms with van der Waals surface area (Å²) in [6, 6.07) is 5.58. The van der Waals surface area contributed by atoms with Gasteiger partial charge in [0.1, 0.15) is 11.8 Å². The lowest BCUT2D eigenvalue weighted by Crippen LogP contribution is -2.19. The smallest absolute Gasteiger partial charge is 0.422 e. The molecule has 0 atom stereocenters. The average molecular weight is 272 g/mol. The highest BCUT2D eigenvalue weighted by Crippen LogP contribution is 2.24. The van der Waals surface area contributed by atoms with Crippen molar-refractivity contribution in [2.24, 2.45) is 0 Å². The molecule has 0 bridgehead atoms. The lowest BCUT2D eigenvalue weighted by Gasteiger charge is -2.11. The number of anilines is 1. The number of halogens is 3. The number of rotatable bonds is 4. The van der Waals surface area contributed by atoms with Crippen LogP contribution in [0.25, 0.3) is 0 Å². The predicted molar refractivity (Wildman–Crippen MR) is 61.6 cm³/mol. The van der Waals surface area contributed by atoms with Crippen molar-refractivity contribution in [3.8, 4) is 11.8 Å². The first kappa shape index (κ1) is 14.8. The summed E-state index contributed by atoms with van der Waals surface area (Å²) in [6.45, 7) is 0.184. The van der Waals surface area contributed by atoms with E-state index in [1.54, 1.807) is 13.0 Å². The Balaban J connectivity index is 2.85. The van der Waals surface area contributed by atoms with Gasteiger partial charge >= 0.3 is 6.18 Å². The number of ether oxygens (including phenoxy) is 1. The highest BCUT2D eigenvalue weighted by Gasteiger charge is 2.28. The Labute approximate surface area is 107 Å². The van der Waals surface area contributed by atoms with E-state index in [0.29, 0.717) is 5.69 Å². The van der Waals surface area contributed by atoms with E-state index >= 15 is 0 Å². The van der Waals surface area contributed by atoms with Gasteiger partial charge in [0.05, 0.1) is 5.56 Å². The number of hydrogen-bond donors (Lipinski definition) is 1. The lowest BCUT2D eigenvalue weighted by atomic mass is 10.2. The molecule has 0 aliphatic rings. The fraction of sp³-hybridized carbons (Fsp3) is 0.333. The summed E-state index contributed by atoms with van der Waals surface area (Å²) in [7, 11) is 0. The number of carbonyl (C=O) groups excluding carboxylic acids is 1. The Morgan fingerprint density at radius 1 is 1.47 bits per heavy atom. The first-order valence-electron chi connectivity index (χ1n) is 5.39. The van der Waals surface area contributed by atoms with Crippen LogP contribution in [-0.2, 0) is 4.79 Å². The molecule has 0 saturated carbocycles. The van der Waals surface area contributed by atoms with Gasteiger partial charge in [0.2, 0.25) is 5.91 Å². The van der Waals surface area contributed by atoms with Crippen LogP contribution in [0.2, 0.25) is 0 Å². The number of nitrogens with zero attached hydrogens (tertiary/aromatic N) is 1. The van der Waals surface area contributed by atoms with E-state index in [9.17, 15) is 18.0 Å². The molecular weight excluding hydrogens is 261 g/mol. The summed E-state index contributed by atoms with van der Waals surface area (Å²) in [5, 5.41) is 11.3. The lowest BCUT2D eigenvalue weighted by molar-refractivity contribution is -0.153. The van der Waals surface area contributed by atoms with Gasteiger partial charge < -0.3 is 10.1 Å². The van der Waals surface area contributed by atoms with Crippen molar-refractivity contribution in [1.29, 1.82) is 5.26 Å². The molecule has 7 heteroatoms. The van der Waals surface area contributed by atoms with Crippen LogP contribution in [0, 0.1) is 11.3 Å².